The Bertz CT molecular complexity index is 619. The maximum Gasteiger partial charge on any atom is 0.269 e. The Hall–Kier alpha value is -1.42. The lowest BCUT2D eigenvalue weighted by Crippen LogP contribution is -2.43. The predicted molar refractivity (Wildman–Crippen MR) is 119 cm³/mol. The number of halogens is 1. The van der Waals surface area contributed by atoms with Crippen molar-refractivity contribution in [3.05, 3.63) is 39.9 Å². The molecular formula is C19H31IN4O3. The summed E-state index contributed by atoms with van der Waals surface area (Å²) in [6.45, 7) is 4.95. The van der Waals surface area contributed by atoms with Crippen LogP contribution in [0.4, 0.5) is 5.69 Å². The summed E-state index contributed by atoms with van der Waals surface area (Å²) >= 11 is 0. The minimum Gasteiger partial charge on any atom is -0.382 e. The molecule has 1 aromatic rings. The van der Waals surface area contributed by atoms with E-state index in [1.807, 2.05) is 13.0 Å². The summed E-state index contributed by atoms with van der Waals surface area (Å²) < 4.78 is 5.56. The fraction of sp³-hybridized carbons (Fsp3) is 0.632. The Morgan fingerprint density at radius 3 is 2.70 bits per heavy atom. The van der Waals surface area contributed by atoms with Crippen molar-refractivity contribution in [3.63, 3.8) is 0 Å². The van der Waals surface area contributed by atoms with Gasteiger partial charge in [0.25, 0.3) is 5.69 Å². The van der Waals surface area contributed by atoms with Crippen LogP contribution in [0.5, 0.6) is 0 Å². The number of hydrogen-bond donors (Lipinski definition) is 2. The van der Waals surface area contributed by atoms with E-state index in [9.17, 15) is 10.1 Å². The first-order chi connectivity index (χ1) is 12.6. The lowest BCUT2D eigenvalue weighted by molar-refractivity contribution is -0.384. The Morgan fingerprint density at radius 2 is 2.07 bits per heavy atom. The maximum atomic E-state index is 10.9. The molecule has 1 fully saturated rings. The van der Waals surface area contributed by atoms with Crippen LogP contribution in [-0.2, 0) is 11.3 Å². The molecule has 0 aliphatic heterocycles. The highest BCUT2D eigenvalue weighted by Crippen LogP contribution is 2.40. The zero-order valence-corrected chi connectivity index (χ0v) is 18.5. The second-order valence-electron chi connectivity index (χ2n) is 6.86. The molecular weight excluding hydrogens is 459 g/mol. The summed E-state index contributed by atoms with van der Waals surface area (Å²) in [6, 6.07) is 6.65. The molecule has 0 amide bonds. The van der Waals surface area contributed by atoms with Gasteiger partial charge in [0, 0.05) is 45.5 Å². The topological polar surface area (TPSA) is 88.8 Å². The highest BCUT2D eigenvalue weighted by atomic mass is 127. The summed E-state index contributed by atoms with van der Waals surface area (Å²) in [5, 5.41) is 17.6. The fourth-order valence-corrected chi connectivity index (χ4v) is 3.53. The summed E-state index contributed by atoms with van der Waals surface area (Å²) in [5.41, 5.74) is 1.24. The van der Waals surface area contributed by atoms with Crippen LogP contribution in [0, 0.1) is 15.5 Å². The van der Waals surface area contributed by atoms with Gasteiger partial charge in [-0.3, -0.25) is 15.1 Å². The molecule has 1 aromatic carbocycles. The molecule has 0 bridgehead atoms. The molecule has 27 heavy (non-hydrogen) atoms. The van der Waals surface area contributed by atoms with Crippen LogP contribution in [0.1, 0.15) is 44.6 Å². The van der Waals surface area contributed by atoms with Crippen molar-refractivity contribution in [1.29, 1.82) is 0 Å². The number of nitro benzene ring substituents is 1. The van der Waals surface area contributed by atoms with Gasteiger partial charge in [-0.25, -0.2) is 0 Å². The van der Waals surface area contributed by atoms with E-state index in [0.717, 1.165) is 37.7 Å². The SMILES string of the molecule is CCOCCC1(CNC(=NC)NCc2cccc([N+](=O)[O-])c2)CCCC1.I. The molecule has 2 rings (SSSR count). The van der Waals surface area contributed by atoms with Gasteiger partial charge in [-0.2, -0.15) is 0 Å². The fourth-order valence-electron chi connectivity index (χ4n) is 3.53. The van der Waals surface area contributed by atoms with Gasteiger partial charge in [0.1, 0.15) is 0 Å². The van der Waals surface area contributed by atoms with Gasteiger partial charge in [0.05, 0.1) is 4.92 Å². The van der Waals surface area contributed by atoms with E-state index in [1.54, 1.807) is 19.2 Å². The molecule has 2 N–H and O–H groups in total. The van der Waals surface area contributed by atoms with Crippen LogP contribution in [0.2, 0.25) is 0 Å². The molecule has 1 aliphatic rings. The second kappa shape index (κ2) is 12.1. The second-order valence-corrected chi connectivity index (χ2v) is 6.86. The lowest BCUT2D eigenvalue weighted by Gasteiger charge is -2.30. The highest BCUT2D eigenvalue weighted by Gasteiger charge is 2.33. The molecule has 0 radical (unpaired) electrons. The monoisotopic (exact) mass is 490 g/mol. The minimum absolute atomic E-state index is 0. The standard InChI is InChI=1S/C19H30N4O3.HI/c1-3-26-12-11-19(9-4-5-10-19)15-22-18(20-2)21-14-16-7-6-8-17(13-16)23(24)25;/h6-8,13H,3-5,9-12,14-15H2,1-2H3,(H2,20,21,22);1H. The zero-order chi connectivity index (χ0) is 18.8. The number of guanidine groups is 1. The molecule has 8 heteroatoms. The van der Waals surface area contributed by atoms with E-state index in [1.165, 1.54) is 31.7 Å². The number of nitro groups is 1. The minimum atomic E-state index is -0.376. The van der Waals surface area contributed by atoms with Gasteiger partial charge in [0.15, 0.2) is 5.96 Å². The molecule has 152 valence electrons. The number of rotatable bonds is 9. The third kappa shape index (κ3) is 7.61. The average Bonchev–Trinajstić information content (AvgIpc) is 3.11. The van der Waals surface area contributed by atoms with Crippen molar-refractivity contribution in [2.75, 3.05) is 26.8 Å². The van der Waals surface area contributed by atoms with Crippen LogP contribution in [-0.4, -0.2) is 37.7 Å². The Morgan fingerprint density at radius 1 is 1.33 bits per heavy atom. The molecule has 0 saturated heterocycles. The largest absolute Gasteiger partial charge is 0.382 e. The molecule has 0 spiro atoms. The smallest absolute Gasteiger partial charge is 0.269 e. The van der Waals surface area contributed by atoms with E-state index >= 15 is 0 Å². The quantitative estimate of drug-likeness (QED) is 0.137. The number of nitrogens with one attached hydrogen (secondary N) is 2. The number of non-ortho nitro benzene ring substituents is 1. The van der Waals surface area contributed by atoms with E-state index in [4.69, 9.17) is 4.74 Å². The number of nitrogens with zero attached hydrogens (tertiary/aromatic N) is 2. The number of ether oxygens (including phenoxy) is 1. The lowest BCUT2D eigenvalue weighted by atomic mass is 9.83. The van der Waals surface area contributed by atoms with Crippen LogP contribution >= 0.6 is 24.0 Å². The average molecular weight is 490 g/mol. The summed E-state index contributed by atoms with van der Waals surface area (Å²) in [4.78, 5) is 14.8. The van der Waals surface area contributed by atoms with Crippen LogP contribution in [0.25, 0.3) is 0 Å². The Balaban J connectivity index is 0.00000364. The normalized spacial score (nSPS) is 15.9. The van der Waals surface area contributed by atoms with E-state index in [-0.39, 0.29) is 40.0 Å². The summed E-state index contributed by atoms with van der Waals surface area (Å²) in [7, 11) is 1.74. The Kier molecular flexibility index (Phi) is 10.6. The van der Waals surface area contributed by atoms with E-state index in [2.05, 4.69) is 15.6 Å². The number of aliphatic imine (C=N–C) groups is 1. The van der Waals surface area contributed by atoms with Crippen LogP contribution < -0.4 is 10.6 Å². The maximum absolute atomic E-state index is 10.9. The van der Waals surface area contributed by atoms with Gasteiger partial charge in [-0.05, 0) is 37.2 Å². The third-order valence-electron chi connectivity index (χ3n) is 5.08. The van der Waals surface area contributed by atoms with Crippen LogP contribution in [0.3, 0.4) is 0 Å². The van der Waals surface area contributed by atoms with Gasteiger partial charge < -0.3 is 15.4 Å². The molecule has 1 saturated carbocycles. The summed E-state index contributed by atoms with van der Waals surface area (Å²) in [6.07, 6.45) is 6.04. The first-order valence-electron chi connectivity index (χ1n) is 9.34. The van der Waals surface area contributed by atoms with Crippen molar-refractivity contribution >= 4 is 35.6 Å². The van der Waals surface area contributed by atoms with Crippen molar-refractivity contribution in [1.82, 2.24) is 10.6 Å². The van der Waals surface area contributed by atoms with Crippen LogP contribution in [0.15, 0.2) is 29.3 Å². The highest BCUT2D eigenvalue weighted by molar-refractivity contribution is 14.0. The molecule has 7 nitrogen and oxygen atoms in total. The van der Waals surface area contributed by atoms with Crippen molar-refractivity contribution in [3.8, 4) is 0 Å². The van der Waals surface area contributed by atoms with E-state index in [0.29, 0.717) is 6.54 Å². The number of hydrogen-bond acceptors (Lipinski definition) is 4. The molecule has 0 unspecified atom stereocenters. The van der Waals surface area contributed by atoms with Crippen molar-refractivity contribution in [2.45, 2.75) is 45.6 Å². The first kappa shape index (κ1) is 23.6. The van der Waals surface area contributed by atoms with Gasteiger partial charge in [0.2, 0.25) is 0 Å². The number of benzene rings is 1. The van der Waals surface area contributed by atoms with Gasteiger partial charge in [-0.1, -0.05) is 25.0 Å². The van der Waals surface area contributed by atoms with Gasteiger partial charge >= 0.3 is 0 Å². The zero-order valence-electron chi connectivity index (χ0n) is 16.2. The first-order valence-corrected chi connectivity index (χ1v) is 9.34. The Labute approximate surface area is 178 Å². The summed E-state index contributed by atoms with van der Waals surface area (Å²) in [5.74, 6) is 0.721. The van der Waals surface area contributed by atoms with Crippen molar-refractivity contribution < 1.29 is 9.66 Å². The van der Waals surface area contributed by atoms with Gasteiger partial charge in [-0.15, -0.1) is 24.0 Å². The molecule has 1 aliphatic carbocycles. The predicted octanol–water partition coefficient (Wildman–Crippen LogP) is 3.86. The van der Waals surface area contributed by atoms with E-state index < -0.39 is 0 Å². The molecule has 0 heterocycles. The molecule has 0 atom stereocenters. The van der Waals surface area contributed by atoms with Crippen molar-refractivity contribution in [2.24, 2.45) is 10.4 Å². The third-order valence-corrected chi connectivity index (χ3v) is 5.08. The molecule has 0 aromatic heterocycles.